The number of urea groups is 1. The molecule has 0 aromatic heterocycles. The molecule has 0 aliphatic carbocycles. The summed E-state index contributed by atoms with van der Waals surface area (Å²) in [5.41, 5.74) is 0.812. The summed E-state index contributed by atoms with van der Waals surface area (Å²) in [6.07, 6.45) is 1.17. The van der Waals surface area contributed by atoms with E-state index in [2.05, 4.69) is 10.6 Å². The zero-order chi connectivity index (χ0) is 14.5. The van der Waals surface area contributed by atoms with Crippen LogP contribution in [0.5, 0.6) is 0 Å². The van der Waals surface area contributed by atoms with Crippen molar-refractivity contribution in [3.63, 3.8) is 0 Å². The number of carbonyl (C=O) groups excluding carboxylic acids is 1. The van der Waals surface area contributed by atoms with E-state index in [1.807, 2.05) is 0 Å². The van der Waals surface area contributed by atoms with Crippen molar-refractivity contribution in [1.82, 2.24) is 10.2 Å². The van der Waals surface area contributed by atoms with Crippen molar-refractivity contribution in [2.75, 3.05) is 38.8 Å². The van der Waals surface area contributed by atoms with E-state index in [1.165, 1.54) is 11.2 Å². The smallest absolute Gasteiger partial charge is 0.316 e. The fourth-order valence-corrected chi connectivity index (χ4v) is 1.98. The second-order valence-electron chi connectivity index (χ2n) is 4.35. The molecule has 0 heterocycles. The minimum absolute atomic E-state index is 0.144. The Labute approximate surface area is 113 Å². The zero-order valence-corrected chi connectivity index (χ0v) is 12.1. The average molecular weight is 285 g/mol. The van der Waals surface area contributed by atoms with Crippen LogP contribution in [0.1, 0.15) is 0 Å². The molecule has 7 heteroatoms. The molecule has 0 radical (unpaired) electrons. The first kappa shape index (κ1) is 15.3. The number of hydrogen-bond donors (Lipinski definition) is 2. The van der Waals surface area contributed by atoms with Crippen LogP contribution in [-0.2, 0) is 9.84 Å². The third-order valence-corrected chi connectivity index (χ3v) is 3.55. The number of benzene rings is 1. The number of rotatable bonds is 5. The topological polar surface area (TPSA) is 78.5 Å². The van der Waals surface area contributed by atoms with Gasteiger partial charge >= 0.3 is 6.03 Å². The van der Waals surface area contributed by atoms with Gasteiger partial charge in [-0.25, -0.2) is 13.2 Å². The van der Waals surface area contributed by atoms with Gasteiger partial charge in [-0.05, 0) is 24.3 Å². The maximum atomic E-state index is 11.3. The Morgan fingerprint density at radius 1 is 1.16 bits per heavy atom. The summed E-state index contributed by atoms with van der Waals surface area (Å²) < 4.78 is 22.5. The number of sulfone groups is 1. The van der Waals surface area contributed by atoms with Crippen LogP contribution in [0.15, 0.2) is 29.2 Å². The number of anilines is 1. The normalized spacial score (nSPS) is 10.9. The predicted octanol–water partition coefficient (Wildman–Crippen LogP) is 0.773. The Kier molecular flexibility index (Phi) is 5.17. The summed E-state index contributed by atoms with van der Waals surface area (Å²) in [5, 5.41) is 5.81. The monoisotopic (exact) mass is 285 g/mol. The molecule has 1 aromatic carbocycles. The van der Waals surface area contributed by atoms with E-state index in [0.717, 1.165) is 5.69 Å². The van der Waals surface area contributed by atoms with Gasteiger partial charge in [0.25, 0.3) is 0 Å². The predicted molar refractivity (Wildman–Crippen MR) is 75.1 cm³/mol. The van der Waals surface area contributed by atoms with Gasteiger partial charge in [0.2, 0.25) is 0 Å². The molecular formula is C12H19N3O3S. The number of carbonyl (C=O) groups is 1. The standard InChI is InChI=1S/C12H19N3O3S/c1-15(2)12(16)14-9-8-13-10-4-6-11(7-5-10)19(3,17)18/h4-7,13H,8-9H2,1-3H3,(H,14,16). The highest BCUT2D eigenvalue weighted by molar-refractivity contribution is 7.90. The molecule has 0 unspecified atom stereocenters. The molecule has 0 saturated heterocycles. The van der Waals surface area contributed by atoms with Crippen molar-refractivity contribution in [3.05, 3.63) is 24.3 Å². The van der Waals surface area contributed by atoms with Crippen LogP contribution in [0.3, 0.4) is 0 Å². The molecule has 1 aromatic rings. The molecule has 0 spiro atoms. The van der Waals surface area contributed by atoms with Gasteiger partial charge in [0.15, 0.2) is 9.84 Å². The summed E-state index contributed by atoms with van der Waals surface area (Å²) in [4.78, 5) is 13.0. The summed E-state index contributed by atoms with van der Waals surface area (Å²) in [7, 11) is 0.191. The van der Waals surface area contributed by atoms with E-state index < -0.39 is 9.84 Å². The van der Waals surface area contributed by atoms with E-state index >= 15 is 0 Å². The van der Waals surface area contributed by atoms with E-state index in [4.69, 9.17) is 0 Å². The Morgan fingerprint density at radius 3 is 2.21 bits per heavy atom. The highest BCUT2D eigenvalue weighted by atomic mass is 32.2. The second kappa shape index (κ2) is 6.42. The van der Waals surface area contributed by atoms with Gasteiger partial charge < -0.3 is 15.5 Å². The quantitative estimate of drug-likeness (QED) is 0.783. The molecule has 106 valence electrons. The first-order valence-electron chi connectivity index (χ1n) is 5.80. The number of nitrogens with zero attached hydrogens (tertiary/aromatic N) is 1. The fourth-order valence-electron chi connectivity index (χ4n) is 1.35. The third-order valence-electron chi connectivity index (χ3n) is 2.42. The van der Waals surface area contributed by atoms with Crippen molar-refractivity contribution >= 4 is 21.6 Å². The van der Waals surface area contributed by atoms with Gasteiger partial charge in [-0.3, -0.25) is 0 Å². The molecule has 0 saturated carbocycles. The Hall–Kier alpha value is -1.76. The lowest BCUT2D eigenvalue weighted by Crippen LogP contribution is -2.37. The summed E-state index contributed by atoms with van der Waals surface area (Å²) >= 11 is 0. The molecule has 6 nitrogen and oxygen atoms in total. The second-order valence-corrected chi connectivity index (χ2v) is 6.37. The molecular weight excluding hydrogens is 266 g/mol. The number of hydrogen-bond acceptors (Lipinski definition) is 4. The van der Waals surface area contributed by atoms with Gasteiger partial charge in [-0.15, -0.1) is 0 Å². The minimum atomic E-state index is -3.16. The van der Waals surface area contributed by atoms with Crippen molar-refractivity contribution in [1.29, 1.82) is 0 Å². The Bertz CT molecular complexity index is 524. The van der Waals surface area contributed by atoms with Crippen molar-refractivity contribution in [3.8, 4) is 0 Å². The number of nitrogens with one attached hydrogen (secondary N) is 2. The molecule has 2 amide bonds. The van der Waals surface area contributed by atoms with E-state index in [0.29, 0.717) is 18.0 Å². The summed E-state index contributed by atoms with van der Waals surface area (Å²) in [6.45, 7) is 1.06. The molecule has 0 aliphatic rings. The third kappa shape index (κ3) is 5.17. The summed E-state index contributed by atoms with van der Waals surface area (Å²) in [5.74, 6) is 0. The van der Waals surface area contributed by atoms with Crippen molar-refractivity contribution in [2.24, 2.45) is 0 Å². The molecule has 1 rings (SSSR count). The molecule has 19 heavy (non-hydrogen) atoms. The van der Waals surface area contributed by atoms with Gasteiger partial charge in [-0.2, -0.15) is 0 Å². The van der Waals surface area contributed by atoms with Crippen LogP contribution in [0, 0.1) is 0 Å². The van der Waals surface area contributed by atoms with Crippen molar-refractivity contribution in [2.45, 2.75) is 4.90 Å². The lowest BCUT2D eigenvalue weighted by molar-refractivity contribution is 0.218. The lowest BCUT2D eigenvalue weighted by atomic mass is 10.3. The van der Waals surface area contributed by atoms with Gasteiger partial charge in [0.1, 0.15) is 0 Å². The van der Waals surface area contributed by atoms with Crippen LogP contribution >= 0.6 is 0 Å². The molecule has 0 bridgehead atoms. The fraction of sp³-hybridized carbons (Fsp3) is 0.417. The van der Waals surface area contributed by atoms with Crippen LogP contribution in [0.2, 0.25) is 0 Å². The van der Waals surface area contributed by atoms with E-state index in [9.17, 15) is 13.2 Å². The SMILES string of the molecule is CN(C)C(=O)NCCNc1ccc(S(C)(=O)=O)cc1. The molecule has 0 aliphatic heterocycles. The Balaban J connectivity index is 2.41. The maximum Gasteiger partial charge on any atom is 0.316 e. The van der Waals surface area contributed by atoms with E-state index in [-0.39, 0.29) is 6.03 Å². The maximum absolute atomic E-state index is 11.3. The van der Waals surface area contributed by atoms with E-state index in [1.54, 1.807) is 38.4 Å². The average Bonchev–Trinajstić information content (AvgIpc) is 2.33. The lowest BCUT2D eigenvalue weighted by Gasteiger charge is -2.12. The summed E-state index contributed by atoms with van der Waals surface area (Å²) in [6, 6.07) is 6.36. The highest BCUT2D eigenvalue weighted by Gasteiger charge is 2.06. The first-order chi connectivity index (χ1) is 8.80. The van der Waals surface area contributed by atoms with Gasteiger partial charge in [0, 0.05) is 39.1 Å². The molecule has 0 fully saturated rings. The largest absolute Gasteiger partial charge is 0.383 e. The van der Waals surface area contributed by atoms with Crippen LogP contribution in [-0.4, -0.2) is 52.8 Å². The minimum Gasteiger partial charge on any atom is -0.383 e. The molecule has 0 atom stereocenters. The molecule has 2 N–H and O–H groups in total. The van der Waals surface area contributed by atoms with Crippen molar-refractivity contribution < 1.29 is 13.2 Å². The Morgan fingerprint density at radius 2 is 1.74 bits per heavy atom. The number of amides is 2. The highest BCUT2D eigenvalue weighted by Crippen LogP contribution is 2.13. The first-order valence-corrected chi connectivity index (χ1v) is 7.69. The van der Waals surface area contributed by atoms with Crippen LogP contribution in [0.4, 0.5) is 10.5 Å². The zero-order valence-electron chi connectivity index (χ0n) is 11.3. The van der Waals surface area contributed by atoms with Crippen LogP contribution < -0.4 is 10.6 Å². The van der Waals surface area contributed by atoms with Crippen LogP contribution in [0.25, 0.3) is 0 Å². The van der Waals surface area contributed by atoms with Gasteiger partial charge in [0.05, 0.1) is 4.90 Å². The van der Waals surface area contributed by atoms with Gasteiger partial charge in [-0.1, -0.05) is 0 Å².